The number of thiazole rings is 1. The van der Waals surface area contributed by atoms with E-state index >= 15 is 0 Å². The molecule has 1 aromatic heterocycles. The van der Waals surface area contributed by atoms with Gasteiger partial charge in [0, 0.05) is 16.5 Å². The van der Waals surface area contributed by atoms with E-state index in [1.807, 2.05) is 36.4 Å². The number of halogens is 3. The van der Waals surface area contributed by atoms with Crippen LogP contribution in [0.5, 0.6) is 5.75 Å². The number of imide groups is 1. The maximum absolute atomic E-state index is 13.9. The number of nitrogens with zero attached hydrogens (tertiary/aromatic N) is 1. The van der Waals surface area contributed by atoms with Crippen molar-refractivity contribution in [2.24, 2.45) is 5.92 Å². The average molecular weight is 662 g/mol. The highest BCUT2D eigenvalue weighted by Crippen LogP contribution is 2.54. The molecule has 1 fully saturated rings. The second kappa shape index (κ2) is 11.5. The number of anilines is 2. The number of aromatic amines is 1. The Morgan fingerprint density at radius 1 is 0.891 bits per heavy atom. The Kier molecular flexibility index (Phi) is 7.44. The van der Waals surface area contributed by atoms with Gasteiger partial charge in [-0.05, 0) is 52.7 Å². The number of nitrogens with one attached hydrogen (secondary N) is 2. The van der Waals surface area contributed by atoms with Crippen LogP contribution in [-0.4, -0.2) is 34.6 Å². The van der Waals surface area contributed by atoms with Crippen molar-refractivity contribution in [3.05, 3.63) is 117 Å². The molecular weight excluding hydrogens is 640 g/mol. The van der Waals surface area contributed by atoms with Gasteiger partial charge < -0.3 is 15.0 Å². The molecule has 0 unspecified atom stereocenters. The van der Waals surface area contributed by atoms with E-state index in [0.29, 0.717) is 31.8 Å². The normalized spacial score (nSPS) is 19.2. The van der Waals surface area contributed by atoms with Crippen molar-refractivity contribution in [3.8, 4) is 5.75 Å². The second-order valence-electron chi connectivity index (χ2n) is 10.7. The maximum atomic E-state index is 13.9. The molecule has 46 heavy (non-hydrogen) atoms. The highest BCUT2D eigenvalue weighted by Gasteiger charge is 2.57. The zero-order valence-electron chi connectivity index (χ0n) is 23.5. The van der Waals surface area contributed by atoms with Crippen LogP contribution >= 0.6 is 23.1 Å². The fourth-order valence-corrected chi connectivity index (χ4v) is 8.42. The smallest absolute Gasteiger partial charge is 0.418 e. The molecule has 13 heteroatoms. The molecule has 0 aliphatic carbocycles. The molecular formula is C33H22F3N3O5S2. The van der Waals surface area contributed by atoms with Crippen molar-refractivity contribution in [2.45, 2.75) is 22.4 Å². The molecule has 2 aliphatic rings. The number of para-hydroxylation sites is 1. The van der Waals surface area contributed by atoms with Gasteiger partial charge in [-0.25, -0.2) is 4.90 Å². The van der Waals surface area contributed by atoms with Crippen LogP contribution in [0, 0.1) is 5.92 Å². The summed E-state index contributed by atoms with van der Waals surface area (Å²) in [4.78, 5) is 55.9. The first-order chi connectivity index (χ1) is 22.1. The molecule has 0 saturated carbocycles. The number of carbonyl (C=O) groups excluding carboxylic acids is 3. The quantitative estimate of drug-likeness (QED) is 0.203. The third-order valence-corrected chi connectivity index (χ3v) is 10.3. The van der Waals surface area contributed by atoms with E-state index in [2.05, 4.69) is 10.3 Å². The highest BCUT2D eigenvalue weighted by atomic mass is 32.2. The van der Waals surface area contributed by atoms with Crippen LogP contribution in [0.25, 0.3) is 10.8 Å². The molecule has 5 aromatic rings. The number of alkyl halides is 3. The minimum absolute atomic E-state index is 0.277. The van der Waals surface area contributed by atoms with Crippen molar-refractivity contribution in [1.82, 2.24) is 4.98 Å². The van der Waals surface area contributed by atoms with E-state index < -0.39 is 46.3 Å². The number of aromatic nitrogens is 1. The Hall–Kier alpha value is -4.88. The average Bonchev–Trinajstić information content (AvgIpc) is 3.53. The molecule has 3 atom stereocenters. The number of carbonyl (C=O) groups is 3. The Morgan fingerprint density at radius 2 is 1.61 bits per heavy atom. The summed E-state index contributed by atoms with van der Waals surface area (Å²) in [5, 5.41) is 4.18. The van der Waals surface area contributed by atoms with Gasteiger partial charge in [0.1, 0.15) is 11.0 Å². The first-order valence-corrected chi connectivity index (χ1v) is 15.7. The minimum Gasteiger partial charge on any atom is -0.484 e. The van der Waals surface area contributed by atoms with Crippen molar-refractivity contribution in [1.29, 1.82) is 0 Å². The molecule has 0 spiro atoms. The summed E-state index contributed by atoms with van der Waals surface area (Å²) in [5.41, 5.74) is -0.434. The summed E-state index contributed by atoms with van der Waals surface area (Å²) in [7, 11) is 0. The van der Waals surface area contributed by atoms with E-state index in [-0.39, 0.29) is 17.4 Å². The van der Waals surface area contributed by atoms with Gasteiger partial charge >= 0.3 is 11.0 Å². The third kappa shape index (κ3) is 5.35. The maximum Gasteiger partial charge on any atom is 0.418 e. The lowest BCUT2D eigenvalue weighted by molar-refractivity contribution is -0.137. The van der Waals surface area contributed by atoms with Crippen LogP contribution in [0.2, 0.25) is 0 Å². The number of ether oxygens (including phenoxy) is 1. The van der Waals surface area contributed by atoms with Crippen LogP contribution in [0.1, 0.15) is 21.9 Å². The van der Waals surface area contributed by atoms with Gasteiger partial charge in [0.15, 0.2) is 6.61 Å². The van der Waals surface area contributed by atoms with Gasteiger partial charge in [-0.1, -0.05) is 77.7 Å². The van der Waals surface area contributed by atoms with Crippen LogP contribution in [0.15, 0.2) is 101 Å². The topological polar surface area (TPSA) is 109 Å². The zero-order chi connectivity index (χ0) is 32.2. The number of hydrogen-bond donors (Lipinski definition) is 2. The van der Waals surface area contributed by atoms with Crippen LogP contribution in [0.4, 0.5) is 24.5 Å². The molecule has 3 heterocycles. The molecule has 3 amide bonds. The summed E-state index contributed by atoms with van der Waals surface area (Å²) in [5.74, 6) is -3.41. The zero-order valence-corrected chi connectivity index (χ0v) is 25.2. The number of rotatable bonds is 6. The van der Waals surface area contributed by atoms with E-state index in [9.17, 15) is 32.3 Å². The van der Waals surface area contributed by atoms with Gasteiger partial charge in [0.25, 0.3) is 5.91 Å². The fourth-order valence-electron chi connectivity index (χ4n) is 5.91. The molecule has 8 nitrogen and oxygen atoms in total. The molecule has 7 rings (SSSR count). The largest absolute Gasteiger partial charge is 0.484 e. The molecule has 1 saturated heterocycles. The fraction of sp³-hybridized carbons (Fsp3) is 0.152. The number of thioether (sulfide) groups is 1. The predicted octanol–water partition coefficient (Wildman–Crippen LogP) is 6.42. The van der Waals surface area contributed by atoms with Crippen LogP contribution in [-0.2, 0) is 20.6 Å². The first-order valence-electron chi connectivity index (χ1n) is 14.0. The lowest BCUT2D eigenvalue weighted by atomic mass is 9.83. The summed E-state index contributed by atoms with van der Waals surface area (Å²) in [6.07, 6.45) is -4.79. The van der Waals surface area contributed by atoms with Gasteiger partial charge in [-0.15, -0.1) is 0 Å². The number of fused-ring (bicyclic) bond motifs is 3. The monoisotopic (exact) mass is 661 g/mol. The van der Waals surface area contributed by atoms with Crippen molar-refractivity contribution < 1.29 is 32.3 Å². The molecule has 4 aromatic carbocycles. The summed E-state index contributed by atoms with van der Waals surface area (Å²) >= 11 is 1.87. The SMILES string of the molecule is O=C(COc1ccc([C@@H]2c3sc(=O)[nH]c3S[C@H]3C(=O)N(c4ccccc4C(F)(F)F)C(=O)[C@@H]23)cc1)Nc1ccc2ccccc2c1. The lowest BCUT2D eigenvalue weighted by Gasteiger charge is -2.29. The number of amides is 3. The van der Waals surface area contributed by atoms with Crippen LogP contribution < -0.4 is 19.8 Å². The van der Waals surface area contributed by atoms with Gasteiger partial charge in [-0.2, -0.15) is 13.2 Å². The number of benzene rings is 4. The minimum atomic E-state index is -4.79. The van der Waals surface area contributed by atoms with E-state index in [4.69, 9.17) is 4.74 Å². The van der Waals surface area contributed by atoms with Crippen molar-refractivity contribution in [2.75, 3.05) is 16.8 Å². The number of hydrogen-bond acceptors (Lipinski definition) is 7. The summed E-state index contributed by atoms with van der Waals surface area (Å²) < 4.78 is 47.3. The van der Waals surface area contributed by atoms with Gasteiger partial charge in [0.2, 0.25) is 11.8 Å². The molecule has 232 valence electrons. The Balaban J connectivity index is 1.13. The van der Waals surface area contributed by atoms with Gasteiger partial charge in [-0.3, -0.25) is 19.2 Å². The third-order valence-electron chi connectivity index (χ3n) is 7.92. The van der Waals surface area contributed by atoms with Crippen molar-refractivity contribution >= 4 is 63.0 Å². The van der Waals surface area contributed by atoms with Crippen LogP contribution in [0.3, 0.4) is 0 Å². The summed E-state index contributed by atoms with van der Waals surface area (Å²) in [6.45, 7) is -0.277. The Morgan fingerprint density at radius 3 is 2.37 bits per heavy atom. The van der Waals surface area contributed by atoms with E-state index in [1.165, 1.54) is 12.1 Å². The molecule has 2 N–H and O–H groups in total. The second-order valence-corrected chi connectivity index (χ2v) is 12.9. The Bertz CT molecular complexity index is 2080. The highest BCUT2D eigenvalue weighted by molar-refractivity contribution is 8.00. The van der Waals surface area contributed by atoms with E-state index in [0.717, 1.165) is 46.0 Å². The molecule has 0 bridgehead atoms. The standard InChI is InChI=1S/C33H22F3N3O5S2/c34-33(35,36)22-7-3-4-8-23(22)39-30(41)26-25(27-29(38-32(43)46-27)45-28(26)31(39)42)18-10-13-21(14-11-18)44-16-24(40)37-20-12-9-17-5-1-2-6-19(17)15-20/h1-15,25-26,28H,16H2,(H,37,40)(H,38,43)/t25-,26-,28+/m0/s1. The number of H-pyrrole nitrogens is 1. The van der Waals surface area contributed by atoms with Gasteiger partial charge in [0.05, 0.1) is 22.2 Å². The molecule has 2 aliphatic heterocycles. The lowest BCUT2D eigenvalue weighted by Crippen LogP contribution is -2.33. The van der Waals surface area contributed by atoms with E-state index in [1.54, 1.807) is 30.3 Å². The molecule has 0 radical (unpaired) electrons. The predicted molar refractivity (Wildman–Crippen MR) is 168 cm³/mol. The van der Waals surface area contributed by atoms with Crippen molar-refractivity contribution in [3.63, 3.8) is 0 Å². The first kappa shape index (κ1) is 29.8. The Labute approximate surface area is 267 Å². The summed E-state index contributed by atoms with van der Waals surface area (Å²) in [6, 6.07) is 24.3.